The highest BCUT2D eigenvalue weighted by Crippen LogP contribution is 2.19. The number of carbonyl (C=O) groups is 3. The van der Waals surface area contributed by atoms with Crippen molar-refractivity contribution in [2.24, 2.45) is 5.73 Å². The molecule has 1 aliphatic heterocycles. The number of nitrogens with one attached hydrogen (secondary N) is 1. The predicted molar refractivity (Wildman–Crippen MR) is 55.3 cm³/mol. The summed E-state index contributed by atoms with van der Waals surface area (Å²) < 4.78 is 0. The summed E-state index contributed by atoms with van der Waals surface area (Å²) in [7, 11) is 0. The first-order valence-electron chi connectivity index (χ1n) is 4.47. The van der Waals surface area contributed by atoms with Crippen LogP contribution in [0.15, 0.2) is 24.3 Å². The fourth-order valence-electron chi connectivity index (χ4n) is 1.37. The Morgan fingerprint density at radius 3 is 2.62 bits per heavy atom. The molecule has 6 heteroatoms. The predicted octanol–water partition coefficient (Wildman–Crippen LogP) is 0.00349. The van der Waals surface area contributed by atoms with Gasteiger partial charge in [-0.25, -0.2) is 4.79 Å². The number of carbonyl (C=O) groups excluding carboxylic acids is 3. The number of primary amides is 1. The van der Waals surface area contributed by atoms with Crippen LogP contribution in [0.25, 0.3) is 0 Å². The Kier molecular flexibility index (Phi) is 2.32. The van der Waals surface area contributed by atoms with Gasteiger partial charge in [0, 0.05) is 11.3 Å². The van der Waals surface area contributed by atoms with E-state index in [1.807, 2.05) is 0 Å². The fraction of sp³-hybridized carbons (Fsp3) is 0. The molecule has 1 aromatic carbocycles. The molecular formula is C10H8N3O3. The Bertz CT molecular complexity index is 484. The van der Waals surface area contributed by atoms with Crippen molar-refractivity contribution < 1.29 is 14.4 Å². The Hall–Kier alpha value is -2.37. The highest BCUT2D eigenvalue weighted by atomic mass is 16.2. The van der Waals surface area contributed by atoms with Crippen LogP contribution in [0.4, 0.5) is 10.5 Å². The van der Waals surface area contributed by atoms with Crippen LogP contribution in [0.5, 0.6) is 0 Å². The molecule has 0 spiro atoms. The van der Waals surface area contributed by atoms with Crippen LogP contribution in [0.3, 0.4) is 0 Å². The molecule has 1 aromatic rings. The summed E-state index contributed by atoms with van der Waals surface area (Å²) in [4.78, 5) is 34.3. The first kappa shape index (κ1) is 10.2. The van der Waals surface area contributed by atoms with Gasteiger partial charge in [0.05, 0.1) is 0 Å². The number of hydrogen-bond donors (Lipinski definition) is 2. The molecule has 0 bridgehead atoms. The van der Waals surface area contributed by atoms with E-state index in [9.17, 15) is 14.4 Å². The number of nitrogens with two attached hydrogens (primary N) is 1. The highest BCUT2D eigenvalue weighted by molar-refractivity contribution is 6.16. The smallest absolute Gasteiger partial charge is 0.329 e. The van der Waals surface area contributed by atoms with Gasteiger partial charge in [0.2, 0.25) is 5.91 Å². The summed E-state index contributed by atoms with van der Waals surface area (Å²) in [6.45, 7) is 1.11. The van der Waals surface area contributed by atoms with Gasteiger partial charge in [-0.1, -0.05) is 6.07 Å². The highest BCUT2D eigenvalue weighted by Gasteiger charge is 2.28. The van der Waals surface area contributed by atoms with Crippen LogP contribution in [0.1, 0.15) is 10.4 Å². The lowest BCUT2D eigenvalue weighted by Gasteiger charge is -2.12. The zero-order chi connectivity index (χ0) is 11.7. The molecule has 0 atom stereocenters. The van der Waals surface area contributed by atoms with E-state index in [-0.39, 0.29) is 5.56 Å². The molecule has 81 valence electrons. The zero-order valence-corrected chi connectivity index (χ0v) is 8.14. The second kappa shape index (κ2) is 3.65. The molecule has 4 amide bonds. The molecule has 0 aliphatic carbocycles. The average molecular weight is 218 g/mol. The number of benzene rings is 1. The summed E-state index contributed by atoms with van der Waals surface area (Å²) in [5, 5.41) is 2.09. The topological polar surface area (TPSA) is 92.5 Å². The number of rotatable bonds is 2. The monoisotopic (exact) mass is 218 g/mol. The number of anilines is 1. The lowest BCUT2D eigenvalue weighted by atomic mass is 10.2. The second-order valence-electron chi connectivity index (χ2n) is 3.21. The van der Waals surface area contributed by atoms with Crippen molar-refractivity contribution in [2.75, 3.05) is 4.90 Å². The molecule has 3 N–H and O–H groups in total. The summed E-state index contributed by atoms with van der Waals surface area (Å²) in [6.07, 6.45) is 0. The molecule has 1 heterocycles. The SMILES string of the molecule is NC(=O)c1cccc(N2[CH]C(=O)NC2=O)c1. The van der Waals surface area contributed by atoms with E-state index in [4.69, 9.17) is 5.73 Å². The van der Waals surface area contributed by atoms with Gasteiger partial charge in [0.15, 0.2) is 0 Å². The standard InChI is InChI=1S/C10H8N3O3/c11-9(15)6-2-1-3-7(4-6)13-5-8(14)12-10(13)16/h1-5H,(H2,11,15)(H,12,14,16). The van der Waals surface area contributed by atoms with Gasteiger partial charge in [0.1, 0.15) is 6.54 Å². The maximum atomic E-state index is 11.3. The van der Waals surface area contributed by atoms with Crippen molar-refractivity contribution in [1.29, 1.82) is 0 Å². The van der Waals surface area contributed by atoms with E-state index >= 15 is 0 Å². The van der Waals surface area contributed by atoms with Crippen molar-refractivity contribution >= 4 is 23.5 Å². The van der Waals surface area contributed by atoms with Gasteiger partial charge < -0.3 is 5.73 Å². The summed E-state index contributed by atoms with van der Waals surface area (Å²) >= 11 is 0. The molecule has 0 aromatic heterocycles. The Labute approximate surface area is 91.0 Å². The minimum Gasteiger partial charge on any atom is -0.366 e. The Morgan fingerprint density at radius 1 is 1.31 bits per heavy atom. The third-order valence-electron chi connectivity index (χ3n) is 2.10. The summed E-state index contributed by atoms with van der Waals surface area (Å²) in [5.41, 5.74) is 5.80. The molecular weight excluding hydrogens is 210 g/mol. The van der Waals surface area contributed by atoms with E-state index in [2.05, 4.69) is 5.32 Å². The maximum Gasteiger partial charge on any atom is 0.329 e. The molecule has 6 nitrogen and oxygen atoms in total. The number of urea groups is 1. The number of nitrogens with zero attached hydrogens (tertiary/aromatic N) is 1. The molecule has 0 saturated carbocycles. The first-order valence-corrected chi connectivity index (χ1v) is 4.47. The summed E-state index contributed by atoms with van der Waals surface area (Å²) in [6, 6.07) is 5.60. The molecule has 2 rings (SSSR count). The maximum absolute atomic E-state index is 11.3. The molecule has 0 unspecified atom stereocenters. The third-order valence-corrected chi connectivity index (χ3v) is 2.10. The van der Waals surface area contributed by atoms with Gasteiger partial charge >= 0.3 is 6.03 Å². The van der Waals surface area contributed by atoms with E-state index in [1.54, 1.807) is 12.1 Å². The fourth-order valence-corrected chi connectivity index (χ4v) is 1.37. The molecule has 1 aliphatic rings. The van der Waals surface area contributed by atoms with Crippen molar-refractivity contribution in [3.8, 4) is 0 Å². The van der Waals surface area contributed by atoms with Crippen molar-refractivity contribution in [3.63, 3.8) is 0 Å². The first-order chi connectivity index (χ1) is 7.58. The van der Waals surface area contributed by atoms with Crippen LogP contribution in [-0.4, -0.2) is 17.8 Å². The van der Waals surface area contributed by atoms with Crippen molar-refractivity contribution in [2.45, 2.75) is 0 Å². The van der Waals surface area contributed by atoms with Gasteiger partial charge in [-0.2, -0.15) is 0 Å². The Balaban J connectivity index is 2.34. The van der Waals surface area contributed by atoms with E-state index in [0.717, 1.165) is 11.4 Å². The largest absolute Gasteiger partial charge is 0.366 e. The lowest BCUT2D eigenvalue weighted by Crippen LogP contribution is -2.27. The van der Waals surface area contributed by atoms with Crippen molar-refractivity contribution in [3.05, 3.63) is 36.4 Å². The number of amides is 4. The number of hydrogen-bond acceptors (Lipinski definition) is 3. The minimum atomic E-state index is -0.590. The van der Waals surface area contributed by atoms with Crippen LogP contribution in [-0.2, 0) is 4.79 Å². The number of imide groups is 1. The van der Waals surface area contributed by atoms with Gasteiger partial charge in [0.25, 0.3) is 5.91 Å². The minimum absolute atomic E-state index is 0.276. The average Bonchev–Trinajstić information content (AvgIpc) is 2.58. The van der Waals surface area contributed by atoms with Gasteiger partial charge in [-0.3, -0.25) is 19.8 Å². The van der Waals surface area contributed by atoms with Gasteiger partial charge in [-0.05, 0) is 18.2 Å². The van der Waals surface area contributed by atoms with Crippen LogP contribution < -0.4 is 16.0 Å². The summed E-state index contributed by atoms with van der Waals surface area (Å²) in [5.74, 6) is -1.08. The quantitative estimate of drug-likeness (QED) is 0.684. The van der Waals surface area contributed by atoms with E-state index in [0.29, 0.717) is 5.69 Å². The Morgan fingerprint density at radius 2 is 2.06 bits per heavy atom. The van der Waals surface area contributed by atoms with Crippen molar-refractivity contribution in [1.82, 2.24) is 5.32 Å². The van der Waals surface area contributed by atoms with Crippen LogP contribution in [0, 0.1) is 6.54 Å². The second-order valence-corrected chi connectivity index (χ2v) is 3.21. The van der Waals surface area contributed by atoms with Crippen LogP contribution >= 0.6 is 0 Å². The van der Waals surface area contributed by atoms with Gasteiger partial charge in [-0.15, -0.1) is 0 Å². The molecule has 1 radical (unpaired) electrons. The lowest BCUT2D eigenvalue weighted by molar-refractivity contribution is -0.115. The normalized spacial score (nSPS) is 15.1. The molecule has 1 fully saturated rings. The molecule has 1 saturated heterocycles. The molecule has 16 heavy (non-hydrogen) atoms. The van der Waals surface area contributed by atoms with E-state index < -0.39 is 17.8 Å². The van der Waals surface area contributed by atoms with Crippen LogP contribution in [0.2, 0.25) is 0 Å². The zero-order valence-electron chi connectivity index (χ0n) is 8.14. The third kappa shape index (κ3) is 1.72. The van der Waals surface area contributed by atoms with E-state index in [1.165, 1.54) is 12.1 Å².